The lowest BCUT2D eigenvalue weighted by molar-refractivity contribution is 0.584. The predicted molar refractivity (Wildman–Crippen MR) is 131 cm³/mol. The molecule has 1 atom stereocenters. The van der Waals surface area contributed by atoms with E-state index in [9.17, 15) is 0 Å². The van der Waals surface area contributed by atoms with Crippen molar-refractivity contribution in [3.05, 3.63) is 83.6 Å². The molecule has 0 aliphatic carbocycles. The van der Waals surface area contributed by atoms with Gasteiger partial charge in [0.1, 0.15) is 5.84 Å². The van der Waals surface area contributed by atoms with Gasteiger partial charge in [-0.2, -0.15) is 0 Å². The largest absolute Gasteiger partial charge is 0.384 e. The van der Waals surface area contributed by atoms with E-state index in [2.05, 4.69) is 67.1 Å². The van der Waals surface area contributed by atoms with Gasteiger partial charge in [0, 0.05) is 36.0 Å². The molecule has 4 aromatic rings. The number of hydrogen-bond donors (Lipinski definition) is 3. The summed E-state index contributed by atoms with van der Waals surface area (Å²) in [7, 11) is 2.07. The summed E-state index contributed by atoms with van der Waals surface area (Å²) in [6.07, 6.45) is 3.58. The third-order valence-electron chi connectivity index (χ3n) is 6.40. The molecule has 4 nitrogen and oxygen atoms in total. The first-order valence-corrected chi connectivity index (χ1v) is 10.9. The van der Waals surface area contributed by atoms with Crippen molar-refractivity contribution in [2.24, 2.45) is 18.7 Å². The molecule has 3 aromatic carbocycles. The van der Waals surface area contributed by atoms with Crippen LogP contribution in [0.3, 0.4) is 0 Å². The highest BCUT2D eigenvalue weighted by Gasteiger charge is 2.15. The predicted octanol–water partition coefficient (Wildman–Crippen LogP) is 5.84. The van der Waals surface area contributed by atoms with E-state index in [1.165, 1.54) is 27.4 Å². The maximum Gasteiger partial charge on any atom is 0.122 e. The molecule has 0 radical (unpaired) electrons. The van der Waals surface area contributed by atoms with Crippen molar-refractivity contribution in [1.82, 2.24) is 4.57 Å². The molecule has 0 unspecified atom stereocenters. The molecule has 0 bridgehead atoms. The summed E-state index contributed by atoms with van der Waals surface area (Å²) >= 11 is 0. The molecule has 1 aromatic heterocycles. The Morgan fingerprint density at radius 2 is 1.68 bits per heavy atom. The zero-order valence-corrected chi connectivity index (χ0v) is 18.3. The molecule has 0 aliphatic rings. The maximum atomic E-state index is 8.75. The molecule has 0 amide bonds. The first kappa shape index (κ1) is 20.9. The number of nitrogens with two attached hydrogens (primary N) is 1. The summed E-state index contributed by atoms with van der Waals surface area (Å²) < 4.78 is 2.20. The third-order valence-corrected chi connectivity index (χ3v) is 6.40. The molecule has 0 fully saturated rings. The van der Waals surface area contributed by atoms with E-state index in [0.717, 1.165) is 36.1 Å². The van der Waals surface area contributed by atoms with Crippen molar-refractivity contribution >= 4 is 33.2 Å². The third kappa shape index (κ3) is 4.38. The van der Waals surface area contributed by atoms with Gasteiger partial charge in [0.25, 0.3) is 0 Å². The molecule has 0 aliphatic heterocycles. The second-order valence-corrected chi connectivity index (χ2v) is 8.41. The molecule has 0 spiro atoms. The molecule has 0 saturated carbocycles. The van der Waals surface area contributed by atoms with E-state index in [-0.39, 0.29) is 11.8 Å². The molecule has 31 heavy (non-hydrogen) atoms. The number of rotatable bonds is 8. The van der Waals surface area contributed by atoms with Gasteiger partial charge in [-0.3, -0.25) is 5.41 Å². The average Bonchev–Trinajstić information content (AvgIpc) is 3.09. The van der Waals surface area contributed by atoms with Gasteiger partial charge in [-0.05, 0) is 59.0 Å². The number of nitrogens with one attached hydrogen (secondary N) is 2. The highest BCUT2D eigenvalue weighted by molar-refractivity contribution is 5.98. The Bertz CT molecular complexity index is 1260. The highest BCUT2D eigenvalue weighted by Crippen LogP contribution is 2.24. The summed E-state index contributed by atoms with van der Waals surface area (Å²) in [4.78, 5) is 0. The van der Waals surface area contributed by atoms with E-state index in [0.29, 0.717) is 6.42 Å². The molecule has 4 heteroatoms. The number of benzene rings is 3. The lowest BCUT2D eigenvalue weighted by atomic mass is 9.90. The summed E-state index contributed by atoms with van der Waals surface area (Å²) in [5, 5.41) is 20.1. The molecule has 0 saturated heterocycles. The van der Waals surface area contributed by atoms with E-state index < -0.39 is 0 Å². The summed E-state index contributed by atoms with van der Waals surface area (Å²) in [6.45, 7) is 2.18. The van der Waals surface area contributed by atoms with Crippen molar-refractivity contribution in [3.8, 4) is 0 Å². The summed E-state index contributed by atoms with van der Waals surface area (Å²) in [5.41, 5.74) is 10.8. The van der Waals surface area contributed by atoms with Gasteiger partial charge in [0.2, 0.25) is 0 Å². The number of nitrogens with zero attached hydrogens (tertiary/aromatic N) is 1. The van der Waals surface area contributed by atoms with Crippen LogP contribution in [0.1, 0.15) is 36.6 Å². The molecule has 1 heterocycles. The van der Waals surface area contributed by atoms with E-state index in [4.69, 9.17) is 16.6 Å². The number of fused-ring (bicyclic) bond motifs is 2. The van der Waals surface area contributed by atoms with E-state index in [1.807, 2.05) is 18.2 Å². The Labute approximate surface area is 183 Å². The highest BCUT2D eigenvalue weighted by atomic mass is 14.9. The lowest BCUT2D eigenvalue weighted by Gasteiger charge is -2.17. The standard InChI is InChI=1S/C27H30N4/c1-3-19(25(28)15-18-8-9-20-6-4-5-7-21(20)14-18)12-13-24-16-22-10-11-23(27(29)30)17-26(22)31(24)2/h4-11,14,16-17,19,28H,3,12-13,15H2,1-2H3,(H3,29,30)/t19-/m0/s1. The Morgan fingerprint density at radius 3 is 2.42 bits per heavy atom. The first-order valence-electron chi connectivity index (χ1n) is 10.9. The van der Waals surface area contributed by atoms with Gasteiger partial charge < -0.3 is 15.7 Å². The normalized spacial score (nSPS) is 12.3. The van der Waals surface area contributed by atoms with Gasteiger partial charge in [-0.15, -0.1) is 0 Å². The number of aryl methyl sites for hydroxylation is 2. The lowest BCUT2D eigenvalue weighted by Crippen LogP contribution is -2.17. The minimum absolute atomic E-state index is 0.0952. The minimum Gasteiger partial charge on any atom is -0.384 e. The van der Waals surface area contributed by atoms with Crippen LogP contribution in [0, 0.1) is 16.7 Å². The van der Waals surface area contributed by atoms with Crippen LogP contribution in [-0.4, -0.2) is 16.1 Å². The molecular formula is C27H30N4. The van der Waals surface area contributed by atoms with Gasteiger partial charge in [0.15, 0.2) is 0 Å². The van der Waals surface area contributed by atoms with Gasteiger partial charge in [-0.25, -0.2) is 0 Å². The fourth-order valence-corrected chi connectivity index (χ4v) is 4.45. The van der Waals surface area contributed by atoms with Crippen LogP contribution >= 0.6 is 0 Å². The van der Waals surface area contributed by atoms with Crippen LogP contribution in [0.4, 0.5) is 0 Å². The zero-order valence-electron chi connectivity index (χ0n) is 18.3. The monoisotopic (exact) mass is 410 g/mol. The van der Waals surface area contributed by atoms with E-state index >= 15 is 0 Å². The number of aromatic nitrogens is 1. The maximum absolute atomic E-state index is 8.75. The second-order valence-electron chi connectivity index (χ2n) is 8.41. The SMILES string of the molecule is CC[C@@H](CCc1cc2ccc(C(=N)N)cc2n1C)C(=N)Cc1ccc2ccccc2c1. The van der Waals surface area contributed by atoms with Crippen molar-refractivity contribution < 1.29 is 0 Å². The molecular weight excluding hydrogens is 380 g/mol. The fraction of sp³-hybridized carbons (Fsp3) is 0.259. The van der Waals surface area contributed by atoms with Crippen LogP contribution < -0.4 is 5.73 Å². The summed E-state index contributed by atoms with van der Waals surface area (Å²) in [5.74, 6) is 0.370. The van der Waals surface area contributed by atoms with Crippen LogP contribution in [-0.2, 0) is 19.9 Å². The summed E-state index contributed by atoms with van der Waals surface area (Å²) in [6, 6.07) is 23.1. The number of hydrogen-bond acceptors (Lipinski definition) is 2. The van der Waals surface area contributed by atoms with Crippen molar-refractivity contribution in [2.75, 3.05) is 0 Å². The molecule has 4 rings (SSSR count). The Balaban J connectivity index is 1.46. The number of amidine groups is 1. The Kier molecular flexibility index (Phi) is 5.90. The Hall–Kier alpha value is -3.40. The van der Waals surface area contributed by atoms with Crippen LogP contribution in [0.2, 0.25) is 0 Å². The first-order chi connectivity index (χ1) is 15.0. The van der Waals surface area contributed by atoms with Crippen LogP contribution in [0.25, 0.3) is 21.7 Å². The smallest absolute Gasteiger partial charge is 0.122 e. The van der Waals surface area contributed by atoms with Crippen LogP contribution in [0.5, 0.6) is 0 Å². The molecule has 4 N–H and O–H groups in total. The van der Waals surface area contributed by atoms with Crippen molar-refractivity contribution in [2.45, 2.75) is 32.6 Å². The Morgan fingerprint density at radius 1 is 0.935 bits per heavy atom. The van der Waals surface area contributed by atoms with Crippen molar-refractivity contribution in [3.63, 3.8) is 0 Å². The van der Waals surface area contributed by atoms with Gasteiger partial charge in [0.05, 0.1) is 0 Å². The van der Waals surface area contributed by atoms with Gasteiger partial charge >= 0.3 is 0 Å². The quantitative estimate of drug-likeness (QED) is 0.248. The topological polar surface area (TPSA) is 78.7 Å². The second kappa shape index (κ2) is 8.76. The van der Waals surface area contributed by atoms with E-state index in [1.54, 1.807) is 0 Å². The van der Waals surface area contributed by atoms with Crippen molar-refractivity contribution in [1.29, 1.82) is 10.8 Å². The van der Waals surface area contributed by atoms with Gasteiger partial charge in [-0.1, -0.05) is 61.5 Å². The molecule has 158 valence electrons. The fourth-order valence-electron chi connectivity index (χ4n) is 4.45. The number of nitrogen functional groups attached to an aromatic ring is 1. The average molecular weight is 411 g/mol. The van der Waals surface area contributed by atoms with Crippen LogP contribution in [0.15, 0.2) is 66.7 Å². The zero-order chi connectivity index (χ0) is 22.0. The minimum atomic E-state index is 0.0952.